The number of rotatable bonds is 6. The lowest BCUT2D eigenvalue weighted by Gasteiger charge is -2.06. The number of anilines is 1. The number of nitrogens with zero attached hydrogens (tertiary/aromatic N) is 1. The predicted molar refractivity (Wildman–Crippen MR) is 71.3 cm³/mol. The van der Waals surface area contributed by atoms with Gasteiger partial charge in [-0.3, -0.25) is 0 Å². The molecule has 1 heterocycles. The van der Waals surface area contributed by atoms with Gasteiger partial charge >= 0.3 is 0 Å². The third-order valence-corrected chi connectivity index (χ3v) is 3.14. The van der Waals surface area contributed by atoms with Gasteiger partial charge in [0.05, 0.1) is 17.7 Å². The van der Waals surface area contributed by atoms with Crippen molar-refractivity contribution in [1.82, 2.24) is 4.98 Å². The number of benzene rings is 1. The van der Waals surface area contributed by atoms with Crippen LogP contribution in [0.25, 0.3) is 0 Å². The Labute approximate surface area is 105 Å². The number of hydrogen-bond donors (Lipinski definition) is 2. The molecule has 0 saturated carbocycles. The fraction of sp³-hybridized carbons (Fsp3) is 0.308. The van der Waals surface area contributed by atoms with E-state index in [2.05, 4.69) is 28.5 Å². The monoisotopic (exact) mass is 248 g/mol. The summed E-state index contributed by atoms with van der Waals surface area (Å²) < 4.78 is 0. The number of aryl methyl sites for hydroxylation is 1. The van der Waals surface area contributed by atoms with Crippen molar-refractivity contribution in [2.75, 3.05) is 11.9 Å². The van der Waals surface area contributed by atoms with Gasteiger partial charge < -0.3 is 10.4 Å². The van der Waals surface area contributed by atoms with Crippen molar-refractivity contribution < 1.29 is 5.11 Å². The molecule has 0 atom stereocenters. The van der Waals surface area contributed by atoms with E-state index in [0.29, 0.717) is 0 Å². The molecule has 0 aliphatic heterocycles. The van der Waals surface area contributed by atoms with E-state index < -0.39 is 0 Å². The maximum Gasteiger partial charge on any atom is 0.0795 e. The van der Waals surface area contributed by atoms with Crippen molar-refractivity contribution in [1.29, 1.82) is 0 Å². The van der Waals surface area contributed by atoms with E-state index in [1.54, 1.807) is 11.3 Å². The standard InChI is InChI=1S/C13H16N2OS/c16-6-2-4-11-3-1-5-12(7-11)14-8-13-9-17-10-15-13/h1,3,5,7,9-10,14,16H,2,4,6,8H2. The summed E-state index contributed by atoms with van der Waals surface area (Å²) in [6, 6.07) is 8.30. The van der Waals surface area contributed by atoms with Gasteiger partial charge in [-0.1, -0.05) is 12.1 Å². The minimum Gasteiger partial charge on any atom is -0.396 e. The molecule has 0 fully saturated rings. The minimum atomic E-state index is 0.247. The lowest BCUT2D eigenvalue weighted by atomic mass is 10.1. The smallest absolute Gasteiger partial charge is 0.0795 e. The first-order valence-corrected chi connectivity index (χ1v) is 6.63. The lowest BCUT2D eigenvalue weighted by Crippen LogP contribution is -2.00. The molecule has 3 nitrogen and oxygen atoms in total. The molecular weight excluding hydrogens is 232 g/mol. The summed E-state index contributed by atoms with van der Waals surface area (Å²) in [5.74, 6) is 0. The van der Waals surface area contributed by atoms with Crippen LogP contribution in [0.1, 0.15) is 17.7 Å². The average Bonchev–Trinajstić information content (AvgIpc) is 2.87. The molecule has 0 bridgehead atoms. The maximum atomic E-state index is 8.80. The normalized spacial score (nSPS) is 10.4. The minimum absolute atomic E-state index is 0.247. The van der Waals surface area contributed by atoms with Crippen LogP contribution in [-0.4, -0.2) is 16.7 Å². The molecule has 1 aromatic heterocycles. The number of nitrogens with one attached hydrogen (secondary N) is 1. The fourth-order valence-electron chi connectivity index (χ4n) is 1.64. The van der Waals surface area contributed by atoms with Crippen LogP contribution < -0.4 is 5.32 Å². The number of aliphatic hydroxyl groups excluding tert-OH is 1. The summed E-state index contributed by atoms with van der Waals surface area (Å²) in [6.07, 6.45) is 1.73. The van der Waals surface area contributed by atoms with Gasteiger partial charge in [0.1, 0.15) is 0 Å². The summed E-state index contributed by atoms with van der Waals surface area (Å²) in [6.45, 7) is 1.00. The van der Waals surface area contributed by atoms with E-state index >= 15 is 0 Å². The van der Waals surface area contributed by atoms with E-state index in [4.69, 9.17) is 5.11 Å². The average molecular weight is 248 g/mol. The van der Waals surface area contributed by atoms with Crippen molar-refractivity contribution in [2.24, 2.45) is 0 Å². The van der Waals surface area contributed by atoms with Crippen molar-refractivity contribution in [3.05, 3.63) is 46.4 Å². The summed E-state index contributed by atoms with van der Waals surface area (Å²) >= 11 is 1.61. The van der Waals surface area contributed by atoms with Crippen LogP contribution in [0, 0.1) is 0 Å². The Morgan fingerprint density at radius 2 is 2.29 bits per heavy atom. The fourth-order valence-corrected chi connectivity index (χ4v) is 2.20. The molecule has 2 rings (SSSR count). The zero-order valence-electron chi connectivity index (χ0n) is 9.60. The Balaban J connectivity index is 1.91. The number of aromatic nitrogens is 1. The topological polar surface area (TPSA) is 45.1 Å². The van der Waals surface area contributed by atoms with Gasteiger partial charge in [-0.2, -0.15) is 0 Å². The molecule has 0 aliphatic rings. The quantitative estimate of drug-likeness (QED) is 0.826. The second kappa shape index (κ2) is 6.37. The number of aliphatic hydroxyl groups is 1. The van der Waals surface area contributed by atoms with Crippen LogP contribution in [0.2, 0.25) is 0 Å². The van der Waals surface area contributed by atoms with E-state index in [1.807, 2.05) is 17.0 Å². The second-order valence-electron chi connectivity index (χ2n) is 3.86. The molecule has 0 unspecified atom stereocenters. The largest absolute Gasteiger partial charge is 0.396 e. The Bertz CT molecular complexity index is 442. The summed E-state index contributed by atoms with van der Waals surface area (Å²) in [5, 5.41) is 14.2. The van der Waals surface area contributed by atoms with Crippen LogP contribution in [0.5, 0.6) is 0 Å². The highest BCUT2D eigenvalue weighted by Gasteiger charge is 1.97. The molecule has 90 valence electrons. The third kappa shape index (κ3) is 3.84. The first kappa shape index (κ1) is 12.1. The SMILES string of the molecule is OCCCc1cccc(NCc2cscn2)c1. The molecule has 17 heavy (non-hydrogen) atoms. The zero-order valence-corrected chi connectivity index (χ0v) is 10.4. The summed E-state index contributed by atoms with van der Waals surface area (Å²) in [5.41, 5.74) is 5.26. The molecule has 0 amide bonds. The Morgan fingerprint density at radius 3 is 3.06 bits per heavy atom. The molecular formula is C13H16N2OS. The molecule has 0 aliphatic carbocycles. The van der Waals surface area contributed by atoms with E-state index in [1.165, 1.54) is 5.56 Å². The highest BCUT2D eigenvalue weighted by molar-refractivity contribution is 7.07. The molecule has 0 spiro atoms. The Hall–Kier alpha value is -1.39. The van der Waals surface area contributed by atoms with Crippen LogP contribution in [0.3, 0.4) is 0 Å². The van der Waals surface area contributed by atoms with E-state index in [0.717, 1.165) is 30.8 Å². The zero-order chi connectivity index (χ0) is 11.9. The molecule has 2 N–H and O–H groups in total. The lowest BCUT2D eigenvalue weighted by molar-refractivity contribution is 0.288. The van der Waals surface area contributed by atoms with Gasteiger partial charge in [0.2, 0.25) is 0 Å². The Kier molecular flexibility index (Phi) is 4.53. The molecule has 0 radical (unpaired) electrons. The first-order valence-electron chi connectivity index (χ1n) is 5.69. The summed E-state index contributed by atoms with van der Waals surface area (Å²) in [7, 11) is 0. The molecule has 1 aromatic carbocycles. The predicted octanol–water partition coefficient (Wildman–Crippen LogP) is 2.68. The van der Waals surface area contributed by atoms with Crippen LogP contribution in [0.4, 0.5) is 5.69 Å². The van der Waals surface area contributed by atoms with Gasteiger partial charge in [-0.25, -0.2) is 4.98 Å². The molecule has 0 saturated heterocycles. The number of hydrogen-bond acceptors (Lipinski definition) is 4. The third-order valence-electron chi connectivity index (χ3n) is 2.51. The second-order valence-corrected chi connectivity index (χ2v) is 4.58. The van der Waals surface area contributed by atoms with Gasteiger partial charge in [-0.05, 0) is 30.5 Å². The Morgan fingerprint density at radius 1 is 1.35 bits per heavy atom. The van der Waals surface area contributed by atoms with Crippen molar-refractivity contribution in [2.45, 2.75) is 19.4 Å². The van der Waals surface area contributed by atoms with Crippen LogP contribution in [0.15, 0.2) is 35.2 Å². The van der Waals surface area contributed by atoms with E-state index in [-0.39, 0.29) is 6.61 Å². The van der Waals surface area contributed by atoms with Crippen molar-refractivity contribution in [3.63, 3.8) is 0 Å². The van der Waals surface area contributed by atoms with Gasteiger partial charge in [0.25, 0.3) is 0 Å². The summed E-state index contributed by atoms with van der Waals surface area (Å²) in [4.78, 5) is 4.23. The van der Waals surface area contributed by atoms with Crippen LogP contribution >= 0.6 is 11.3 Å². The van der Waals surface area contributed by atoms with Gasteiger partial charge in [0, 0.05) is 17.7 Å². The van der Waals surface area contributed by atoms with Gasteiger partial charge in [0.15, 0.2) is 0 Å². The highest BCUT2D eigenvalue weighted by atomic mass is 32.1. The van der Waals surface area contributed by atoms with Crippen LogP contribution in [-0.2, 0) is 13.0 Å². The molecule has 4 heteroatoms. The maximum absolute atomic E-state index is 8.80. The highest BCUT2D eigenvalue weighted by Crippen LogP contribution is 2.13. The van der Waals surface area contributed by atoms with Crippen molar-refractivity contribution >= 4 is 17.0 Å². The first-order chi connectivity index (χ1) is 8.38. The van der Waals surface area contributed by atoms with E-state index in [9.17, 15) is 0 Å². The number of thiazole rings is 1. The van der Waals surface area contributed by atoms with Gasteiger partial charge in [-0.15, -0.1) is 11.3 Å². The van der Waals surface area contributed by atoms with Crippen molar-refractivity contribution in [3.8, 4) is 0 Å². The molecule has 2 aromatic rings.